The summed E-state index contributed by atoms with van der Waals surface area (Å²) in [6.45, 7) is 0. The van der Waals surface area contributed by atoms with Gasteiger partial charge in [0.2, 0.25) is 0 Å². The maximum absolute atomic E-state index is 5.65. The van der Waals surface area contributed by atoms with Crippen molar-refractivity contribution in [2.45, 2.75) is 0 Å². The van der Waals surface area contributed by atoms with E-state index in [4.69, 9.17) is 4.42 Å². The third-order valence-electron chi connectivity index (χ3n) is 2.71. The Morgan fingerprint density at radius 3 is 1.50 bits per heavy atom. The zero-order valence-corrected chi connectivity index (χ0v) is 9.74. The summed E-state index contributed by atoms with van der Waals surface area (Å²) in [5, 5.41) is 2.39. The second-order valence-electron chi connectivity index (χ2n) is 3.89. The van der Waals surface area contributed by atoms with Crippen LogP contribution in [0, 0.1) is 0 Å². The summed E-state index contributed by atoms with van der Waals surface area (Å²) < 4.78 is 10.2. The molecule has 0 saturated carbocycles. The molecule has 4 rings (SSSR count). The zero-order valence-electron chi connectivity index (χ0n) is 9.74. The van der Waals surface area contributed by atoms with E-state index in [0.29, 0.717) is 0 Å². The summed E-state index contributed by atoms with van der Waals surface area (Å²) in [5.41, 5.74) is 1.92. The molecular weight excluding hydrogens is 224 g/mol. The van der Waals surface area contributed by atoms with Gasteiger partial charge in [0.25, 0.3) is 0 Å². The number of hydrogen-bond acceptors (Lipinski definition) is 2. The van der Waals surface area contributed by atoms with Crippen molar-refractivity contribution in [3.8, 4) is 0 Å². The molecule has 0 aliphatic rings. The fraction of sp³-hybridized carbons (Fsp3) is 0. The average molecular weight is 236 g/mol. The van der Waals surface area contributed by atoms with Crippen LogP contribution in [-0.2, 0) is 0 Å². The van der Waals surface area contributed by atoms with E-state index in [0.717, 1.165) is 11.2 Å². The fourth-order valence-electron chi connectivity index (χ4n) is 1.90. The number of para-hydroxylation sites is 2. The van der Waals surface area contributed by atoms with Crippen LogP contribution < -0.4 is 0 Å². The summed E-state index contributed by atoms with van der Waals surface area (Å²) in [5.74, 6) is 0. The van der Waals surface area contributed by atoms with Gasteiger partial charge in [0, 0.05) is 10.8 Å². The van der Waals surface area contributed by atoms with Crippen LogP contribution in [0.3, 0.4) is 0 Å². The van der Waals surface area contributed by atoms with Crippen molar-refractivity contribution in [1.82, 2.24) is 0 Å². The molecule has 88 valence electrons. The van der Waals surface area contributed by atoms with E-state index in [1.807, 2.05) is 48.5 Å². The highest BCUT2D eigenvalue weighted by molar-refractivity contribution is 6.04. The quantitative estimate of drug-likeness (QED) is 0.435. The lowest BCUT2D eigenvalue weighted by Gasteiger charge is -1.85. The van der Waals surface area contributed by atoms with E-state index < -0.39 is 0 Å². The molecule has 0 atom stereocenters. The van der Waals surface area contributed by atoms with Gasteiger partial charge in [0.05, 0.1) is 12.5 Å². The molecule has 0 fully saturated rings. The van der Waals surface area contributed by atoms with Crippen LogP contribution in [0.15, 0.2) is 82.0 Å². The summed E-state index contributed by atoms with van der Waals surface area (Å²) in [4.78, 5) is 0. The van der Waals surface area contributed by atoms with Gasteiger partial charge < -0.3 is 8.83 Å². The van der Waals surface area contributed by atoms with E-state index in [9.17, 15) is 0 Å². The van der Waals surface area contributed by atoms with Crippen molar-refractivity contribution < 1.29 is 8.83 Å². The molecule has 0 saturated heterocycles. The fourth-order valence-corrected chi connectivity index (χ4v) is 1.90. The summed E-state index contributed by atoms with van der Waals surface area (Å²) in [6, 6.07) is 19.9. The van der Waals surface area contributed by atoms with Gasteiger partial charge in [0.1, 0.15) is 11.2 Å². The van der Waals surface area contributed by atoms with Gasteiger partial charge in [-0.15, -0.1) is 0 Å². The second kappa shape index (κ2) is 4.80. The first kappa shape index (κ1) is 10.7. The van der Waals surface area contributed by atoms with E-state index in [1.165, 1.54) is 10.8 Å². The highest BCUT2D eigenvalue weighted by atomic mass is 16.3. The van der Waals surface area contributed by atoms with E-state index in [-0.39, 0.29) is 0 Å². The molecule has 4 aromatic rings. The Hall–Kier alpha value is -2.48. The molecule has 2 heteroatoms. The molecule has 2 aromatic heterocycles. The minimum Gasteiger partial charge on any atom is -0.473 e. The number of benzene rings is 2. The van der Waals surface area contributed by atoms with Crippen molar-refractivity contribution in [2.24, 2.45) is 0 Å². The Labute approximate surface area is 104 Å². The van der Waals surface area contributed by atoms with Crippen LogP contribution in [0.2, 0.25) is 0 Å². The first-order chi connectivity index (χ1) is 8.95. The van der Waals surface area contributed by atoms with Crippen molar-refractivity contribution in [3.63, 3.8) is 0 Å². The van der Waals surface area contributed by atoms with Gasteiger partial charge in [-0.2, -0.15) is 0 Å². The predicted octanol–water partition coefficient (Wildman–Crippen LogP) is 4.87. The second-order valence-corrected chi connectivity index (χ2v) is 3.89. The number of furan rings is 2. The first-order valence-corrected chi connectivity index (χ1v) is 5.78. The Morgan fingerprint density at radius 1 is 0.556 bits per heavy atom. The van der Waals surface area contributed by atoms with Crippen LogP contribution in [0.25, 0.3) is 21.9 Å². The van der Waals surface area contributed by atoms with Crippen LogP contribution >= 0.6 is 0 Å². The van der Waals surface area contributed by atoms with Crippen molar-refractivity contribution >= 4 is 21.9 Å². The summed E-state index contributed by atoms with van der Waals surface area (Å²) in [6.07, 6.45) is 3.25. The lowest BCUT2D eigenvalue weighted by atomic mass is 10.2. The van der Waals surface area contributed by atoms with Gasteiger partial charge >= 0.3 is 0 Å². The van der Waals surface area contributed by atoms with Crippen LogP contribution in [0.1, 0.15) is 0 Å². The van der Waals surface area contributed by atoms with Crippen molar-refractivity contribution in [2.75, 3.05) is 0 Å². The molecule has 0 amide bonds. The molecule has 0 N–H and O–H groups in total. The van der Waals surface area contributed by atoms with Gasteiger partial charge in [0.15, 0.2) is 0 Å². The highest BCUT2D eigenvalue weighted by Crippen LogP contribution is 2.27. The lowest BCUT2D eigenvalue weighted by molar-refractivity contribution is 0.567. The maximum Gasteiger partial charge on any atom is 0.135 e. The molecular formula is C16H12O2. The number of hydrogen-bond donors (Lipinski definition) is 0. The zero-order chi connectivity index (χ0) is 12.2. The van der Waals surface area contributed by atoms with E-state index in [1.54, 1.807) is 12.5 Å². The molecule has 2 heterocycles. The van der Waals surface area contributed by atoms with Crippen LogP contribution in [0.5, 0.6) is 0 Å². The molecule has 2 aromatic carbocycles. The first-order valence-electron chi connectivity index (χ1n) is 5.78. The molecule has 18 heavy (non-hydrogen) atoms. The Kier molecular flexibility index (Phi) is 2.84. The predicted molar refractivity (Wildman–Crippen MR) is 72.4 cm³/mol. The maximum atomic E-state index is 5.65. The average Bonchev–Trinajstić information content (AvgIpc) is 3.10. The minimum absolute atomic E-state index is 0.962. The van der Waals surface area contributed by atoms with Crippen molar-refractivity contribution in [3.05, 3.63) is 73.2 Å². The normalized spacial score (nSPS) is 10.2. The van der Waals surface area contributed by atoms with Crippen LogP contribution in [-0.4, -0.2) is 0 Å². The Balaban J connectivity index is 0.000000169. The SMILES string of the molecule is c1ccc2c(c1)oc1ccccc12.c1ccoc1. The third-order valence-corrected chi connectivity index (χ3v) is 2.71. The van der Waals surface area contributed by atoms with Crippen molar-refractivity contribution in [1.29, 1.82) is 0 Å². The summed E-state index contributed by atoms with van der Waals surface area (Å²) in [7, 11) is 0. The van der Waals surface area contributed by atoms with Gasteiger partial charge in [-0.05, 0) is 24.3 Å². The molecule has 0 aliphatic heterocycles. The molecule has 0 spiro atoms. The summed E-state index contributed by atoms with van der Waals surface area (Å²) >= 11 is 0. The molecule has 0 aliphatic carbocycles. The van der Waals surface area contributed by atoms with Gasteiger partial charge in [-0.1, -0.05) is 36.4 Å². The topological polar surface area (TPSA) is 26.3 Å². The highest BCUT2D eigenvalue weighted by Gasteiger charge is 2.03. The van der Waals surface area contributed by atoms with E-state index >= 15 is 0 Å². The molecule has 0 bridgehead atoms. The Morgan fingerprint density at radius 2 is 1.06 bits per heavy atom. The number of fused-ring (bicyclic) bond motifs is 3. The molecule has 0 radical (unpaired) electrons. The smallest absolute Gasteiger partial charge is 0.135 e. The Bertz CT molecular complexity index is 668. The minimum atomic E-state index is 0.962. The lowest BCUT2D eigenvalue weighted by Crippen LogP contribution is -1.62. The molecule has 2 nitrogen and oxygen atoms in total. The van der Waals surface area contributed by atoms with Gasteiger partial charge in [-0.3, -0.25) is 0 Å². The largest absolute Gasteiger partial charge is 0.473 e. The van der Waals surface area contributed by atoms with E-state index in [2.05, 4.69) is 16.5 Å². The third kappa shape index (κ3) is 2.00. The number of rotatable bonds is 0. The molecule has 0 unspecified atom stereocenters. The standard InChI is InChI=1S/C12H8O.C4H4O/c1-3-7-11-9(5-1)10-6-2-4-8-12(10)13-11;1-2-4-5-3-1/h1-8H;1-4H. The van der Waals surface area contributed by atoms with Crippen LogP contribution in [0.4, 0.5) is 0 Å². The monoisotopic (exact) mass is 236 g/mol. The van der Waals surface area contributed by atoms with Gasteiger partial charge in [-0.25, -0.2) is 0 Å².